The molecular formula is C18H12ClF3N2O2S. The van der Waals surface area contributed by atoms with Crippen LogP contribution in [0.4, 0.5) is 18.9 Å². The van der Waals surface area contributed by atoms with Crippen LogP contribution in [0.25, 0.3) is 0 Å². The Morgan fingerprint density at radius 2 is 1.96 bits per heavy atom. The minimum absolute atomic E-state index is 0.0579. The molecule has 1 saturated heterocycles. The highest BCUT2D eigenvalue weighted by atomic mass is 35.5. The van der Waals surface area contributed by atoms with Gasteiger partial charge in [-0.15, -0.1) is 11.8 Å². The lowest BCUT2D eigenvalue weighted by atomic mass is 10.1. The molecule has 2 atom stereocenters. The third-order valence-electron chi connectivity index (χ3n) is 4.49. The second-order valence-electron chi connectivity index (χ2n) is 6.22. The van der Waals surface area contributed by atoms with Crippen molar-refractivity contribution in [1.29, 1.82) is 0 Å². The molecule has 9 heteroatoms. The molecule has 0 aromatic heterocycles. The highest BCUT2D eigenvalue weighted by Crippen LogP contribution is 2.48. The van der Waals surface area contributed by atoms with Crippen LogP contribution in [0.1, 0.15) is 26.9 Å². The maximum absolute atomic E-state index is 12.9. The quantitative estimate of drug-likeness (QED) is 0.786. The molecular weight excluding hydrogens is 401 g/mol. The van der Waals surface area contributed by atoms with Crippen molar-refractivity contribution >= 4 is 40.9 Å². The molecule has 1 unspecified atom stereocenters. The van der Waals surface area contributed by atoms with Crippen LogP contribution in [-0.4, -0.2) is 28.5 Å². The summed E-state index contributed by atoms with van der Waals surface area (Å²) in [6.07, 6.45) is -4.58. The molecule has 4 nitrogen and oxygen atoms in total. The third kappa shape index (κ3) is 3.17. The molecule has 4 rings (SSSR count). The van der Waals surface area contributed by atoms with Crippen LogP contribution in [0.5, 0.6) is 0 Å². The number of alkyl halides is 3. The van der Waals surface area contributed by atoms with E-state index in [1.807, 2.05) is 12.1 Å². The summed E-state index contributed by atoms with van der Waals surface area (Å²) in [5.74, 6) is -0.423. The molecule has 27 heavy (non-hydrogen) atoms. The molecule has 2 aromatic carbocycles. The van der Waals surface area contributed by atoms with Crippen LogP contribution < -0.4 is 5.32 Å². The monoisotopic (exact) mass is 412 g/mol. The number of carbonyl (C=O) groups is 2. The van der Waals surface area contributed by atoms with Gasteiger partial charge in [-0.1, -0.05) is 29.8 Å². The Labute approximate surface area is 161 Å². The second kappa shape index (κ2) is 6.45. The van der Waals surface area contributed by atoms with Crippen molar-refractivity contribution in [2.24, 2.45) is 0 Å². The summed E-state index contributed by atoms with van der Waals surface area (Å²) in [5.41, 5.74) is 0.394. The molecule has 2 amide bonds. The number of amides is 2. The number of anilines is 1. The van der Waals surface area contributed by atoms with Crippen LogP contribution in [0.3, 0.4) is 0 Å². The van der Waals surface area contributed by atoms with E-state index in [9.17, 15) is 22.8 Å². The van der Waals surface area contributed by atoms with Crippen molar-refractivity contribution in [2.45, 2.75) is 17.6 Å². The maximum Gasteiger partial charge on any atom is 0.416 e. The summed E-state index contributed by atoms with van der Waals surface area (Å²) in [4.78, 5) is 26.8. The normalized spacial score (nSPS) is 21.2. The Balaban J connectivity index is 1.57. The van der Waals surface area contributed by atoms with Crippen molar-refractivity contribution in [3.8, 4) is 0 Å². The van der Waals surface area contributed by atoms with E-state index in [1.54, 1.807) is 12.1 Å². The number of fused-ring (bicyclic) bond motifs is 3. The lowest BCUT2D eigenvalue weighted by Gasteiger charge is -2.22. The van der Waals surface area contributed by atoms with E-state index in [0.29, 0.717) is 11.3 Å². The Morgan fingerprint density at radius 3 is 2.70 bits per heavy atom. The number of nitrogens with zero attached hydrogens (tertiary/aromatic N) is 1. The minimum Gasteiger partial charge on any atom is -0.324 e. The van der Waals surface area contributed by atoms with Gasteiger partial charge < -0.3 is 10.2 Å². The van der Waals surface area contributed by atoms with Gasteiger partial charge in [0.1, 0.15) is 11.4 Å². The number of hydrogen-bond donors (Lipinski definition) is 1. The van der Waals surface area contributed by atoms with Gasteiger partial charge in [0.25, 0.3) is 5.91 Å². The molecule has 0 aliphatic carbocycles. The van der Waals surface area contributed by atoms with Crippen molar-refractivity contribution in [3.05, 3.63) is 64.2 Å². The molecule has 1 N–H and O–H groups in total. The number of rotatable bonds is 2. The molecule has 140 valence electrons. The number of carbonyl (C=O) groups excluding carboxylic acids is 2. The van der Waals surface area contributed by atoms with Crippen molar-refractivity contribution in [3.63, 3.8) is 0 Å². The second-order valence-corrected chi connectivity index (χ2v) is 7.77. The van der Waals surface area contributed by atoms with E-state index in [0.717, 1.165) is 17.7 Å². The lowest BCUT2D eigenvalue weighted by Crippen LogP contribution is -2.42. The van der Waals surface area contributed by atoms with Crippen LogP contribution in [0, 0.1) is 0 Å². The number of benzene rings is 2. The van der Waals surface area contributed by atoms with Crippen LogP contribution in [0.2, 0.25) is 5.02 Å². The van der Waals surface area contributed by atoms with Gasteiger partial charge in [-0.25, -0.2) is 0 Å². The molecule has 2 aliphatic heterocycles. The first-order valence-electron chi connectivity index (χ1n) is 7.97. The zero-order valence-corrected chi connectivity index (χ0v) is 15.2. The predicted molar refractivity (Wildman–Crippen MR) is 96.7 cm³/mol. The molecule has 0 saturated carbocycles. The first-order valence-corrected chi connectivity index (χ1v) is 9.40. The Morgan fingerprint density at radius 1 is 1.22 bits per heavy atom. The van der Waals surface area contributed by atoms with Gasteiger partial charge in [-0.05, 0) is 29.8 Å². The fraction of sp³-hybridized carbons (Fsp3) is 0.222. The van der Waals surface area contributed by atoms with Crippen LogP contribution in [0.15, 0.2) is 42.5 Å². The van der Waals surface area contributed by atoms with Crippen molar-refractivity contribution in [2.75, 3.05) is 11.1 Å². The van der Waals surface area contributed by atoms with E-state index in [2.05, 4.69) is 5.32 Å². The Hall–Kier alpha value is -2.19. The van der Waals surface area contributed by atoms with E-state index < -0.39 is 23.7 Å². The van der Waals surface area contributed by atoms with Crippen molar-refractivity contribution in [1.82, 2.24) is 4.90 Å². The fourth-order valence-electron chi connectivity index (χ4n) is 3.29. The molecule has 2 heterocycles. The van der Waals surface area contributed by atoms with Gasteiger partial charge in [-0.3, -0.25) is 9.59 Å². The summed E-state index contributed by atoms with van der Waals surface area (Å²) in [6.45, 7) is 0. The molecule has 0 bridgehead atoms. The van der Waals surface area contributed by atoms with E-state index in [4.69, 9.17) is 11.6 Å². The minimum atomic E-state index is -4.58. The van der Waals surface area contributed by atoms with Gasteiger partial charge in [0.05, 0.1) is 5.56 Å². The van der Waals surface area contributed by atoms with Gasteiger partial charge in [0, 0.05) is 22.0 Å². The average molecular weight is 413 g/mol. The van der Waals surface area contributed by atoms with Crippen LogP contribution >= 0.6 is 23.4 Å². The van der Waals surface area contributed by atoms with Gasteiger partial charge in [0.15, 0.2) is 0 Å². The number of thioether (sulfide) groups is 1. The van der Waals surface area contributed by atoms with E-state index in [-0.39, 0.29) is 22.0 Å². The standard InChI is InChI=1S/C18H12ClF3N2O2S/c19-10-5-9(18(20,21)22)6-11(7-10)23-15(25)14-8-27-17-13-4-2-1-3-12(13)16(26)24(14)17/h1-7,14,17H,8H2,(H,23,25)/t14-,17?/m0/s1. The summed E-state index contributed by atoms with van der Waals surface area (Å²) < 4.78 is 38.8. The van der Waals surface area contributed by atoms with Gasteiger partial charge in [0.2, 0.25) is 5.91 Å². The van der Waals surface area contributed by atoms with Crippen molar-refractivity contribution < 1.29 is 22.8 Å². The Bertz CT molecular complexity index is 950. The first-order chi connectivity index (χ1) is 12.8. The summed E-state index contributed by atoms with van der Waals surface area (Å²) in [5, 5.41) is 2.08. The predicted octanol–water partition coefficient (Wildman–Crippen LogP) is 4.57. The van der Waals surface area contributed by atoms with E-state index in [1.165, 1.54) is 22.7 Å². The average Bonchev–Trinajstić information content (AvgIpc) is 3.15. The van der Waals surface area contributed by atoms with Crippen LogP contribution in [-0.2, 0) is 11.0 Å². The molecule has 2 aliphatic rings. The summed E-state index contributed by atoms with van der Waals surface area (Å²) in [7, 11) is 0. The summed E-state index contributed by atoms with van der Waals surface area (Å²) in [6, 6.07) is 9.22. The third-order valence-corrected chi connectivity index (χ3v) is 6.01. The topological polar surface area (TPSA) is 49.4 Å². The largest absolute Gasteiger partial charge is 0.416 e. The fourth-order valence-corrected chi connectivity index (χ4v) is 4.99. The lowest BCUT2D eigenvalue weighted by molar-refractivity contribution is -0.137. The smallest absolute Gasteiger partial charge is 0.324 e. The zero-order chi connectivity index (χ0) is 19.3. The first kappa shape index (κ1) is 18.2. The van der Waals surface area contributed by atoms with Gasteiger partial charge in [-0.2, -0.15) is 13.2 Å². The molecule has 0 radical (unpaired) electrons. The van der Waals surface area contributed by atoms with Gasteiger partial charge >= 0.3 is 6.18 Å². The van der Waals surface area contributed by atoms with E-state index >= 15 is 0 Å². The molecule has 2 aromatic rings. The number of nitrogens with one attached hydrogen (secondary N) is 1. The SMILES string of the molecule is O=C(Nc1cc(Cl)cc(C(F)(F)F)c1)[C@@H]1CSC2c3ccccc3C(=O)N21. The highest BCUT2D eigenvalue weighted by molar-refractivity contribution is 7.99. The summed E-state index contributed by atoms with van der Waals surface area (Å²) >= 11 is 7.21. The highest BCUT2D eigenvalue weighted by Gasteiger charge is 2.48. The zero-order valence-electron chi connectivity index (χ0n) is 13.6. The molecule has 1 fully saturated rings. The number of halogens is 4. The molecule has 0 spiro atoms. The Kier molecular flexibility index (Phi) is 4.35. The maximum atomic E-state index is 12.9. The number of hydrogen-bond acceptors (Lipinski definition) is 3.